The zero-order valence-corrected chi connectivity index (χ0v) is 14.0. The molecule has 0 bridgehead atoms. The Bertz CT molecular complexity index is 786. The first-order valence-electron chi connectivity index (χ1n) is 6.82. The van der Waals surface area contributed by atoms with Crippen LogP contribution < -0.4 is 0 Å². The van der Waals surface area contributed by atoms with Crippen LogP contribution in [0.1, 0.15) is 43.0 Å². The molecule has 0 aliphatic rings. The maximum atomic E-state index is 4.89. The topological polar surface area (TPSA) is 43.1 Å². The lowest BCUT2D eigenvalue weighted by Gasteiger charge is -2.10. The smallest absolute Gasteiger partial charge is 0.197 e. The Morgan fingerprint density at radius 3 is 2.65 bits per heavy atom. The van der Waals surface area contributed by atoms with Crippen LogP contribution in [-0.2, 0) is 0 Å². The number of nitrogens with zero attached hydrogens (tertiary/aromatic N) is 4. The van der Waals surface area contributed by atoms with Crippen LogP contribution in [0, 0.1) is 13.8 Å². The van der Waals surface area contributed by atoms with Gasteiger partial charge in [-0.15, -0.1) is 21.5 Å². The molecule has 0 spiro atoms. The number of fused-ring (bicyclic) bond motifs is 3. The summed E-state index contributed by atoms with van der Waals surface area (Å²) >= 11 is 3.47. The SMILES string of the molecule is CCSc1nnc2c3c(C)c(C)sc3nc(C(C)C)n12. The van der Waals surface area contributed by atoms with E-state index in [-0.39, 0.29) is 0 Å². The maximum absolute atomic E-state index is 4.89. The molecule has 0 fully saturated rings. The van der Waals surface area contributed by atoms with Crippen molar-refractivity contribution in [2.45, 2.75) is 45.7 Å². The van der Waals surface area contributed by atoms with Crippen LogP contribution in [0.5, 0.6) is 0 Å². The Balaban J connectivity index is 2.47. The molecule has 3 heterocycles. The minimum atomic E-state index is 0.344. The molecule has 0 unspecified atom stereocenters. The third-order valence-corrected chi connectivity index (χ3v) is 5.37. The van der Waals surface area contributed by atoms with Crippen molar-refractivity contribution in [2.24, 2.45) is 0 Å². The molecule has 20 heavy (non-hydrogen) atoms. The molecule has 3 rings (SSSR count). The molecule has 6 heteroatoms. The van der Waals surface area contributed by atoms with E-state index in [1.165, 1.54) is 10.4 Å². The number of hydrogen-bond donors (Lipinski definition) is 0. The summed E-state index contributed by atoms with van der Waals surface area (Å²) in [5.41, 5.74) is 2.23. The Kier molecular flexibility index (Phi) is 3.46. The predicted octanol–water partition coefficient (Wildman–Crippen LogP) is 4.19. The molecule has 106 valence electrons. The molecule has 4 nitrogen and oxygen atoms in total. The summed E-state index contributed by atoms with van der Waals surface area (Å²) in [6, 6.07) is 0. The van der Waals surface area contributed by atoms with Gasteiger partial charge in [-0.05, 0) is 25.2 Å². The van der Waals surface area contributed by atoms with Gasteiger partial charge in [0.25, 0.3) is 0 Å². The number of aromatic nitrogens is 4. The number of thiophene rings is 1. The molecule has 3 aromatic rings. The molecule has 0 aliphatic carbocycles. The van der Waals surface area contributed by atoms with Crippen molar-refractivity contribution in [2.75, 3.05) is 5.75 Å². The largest absolute Gasteiger partial charge is 0.257 e. The second-order valence-corrected chi connectivity index (χ2v) is 7.60. The van der Waals surface area contributed by atoms with Gasteiger partial charge in [-0.2, -0.15) is 0 Å². The van der Waals surface area contributed by atoms with Crippen molar-refractivity contribution < 1.29 is 0 Å². The third kappa shape index (κ3) is 1.93. The summed E-state index contributed by atoms with van der Waals surface area (Å²) in [4.78, 5) is 7.28. The standard InChI is InChI=1S/C14H18N4S2/c1-6-19-14-17-16-12-10-8(4)9(5)20-13(10)15-11(7(2)3)18(12)14/h7H,6H2,1-5H3. The Labute approximate surface area is 126 Å². The van der Waals surface area contributed by atoms with Crippen LogP contribution >= 0.6 is 23.1 Å². The molecule has 0 N–H and O–H groups in total. The second kappa shape index (κ2) is 5.00. The summed E-state index contributed by atoms with van der Waals surface area (Å²) in [7, 11) is 0. The summed E-state index contributed by atoms with van der Waals surface area (Å²) in [6.07, 6.45) is 0. The lowest BCUT2D eigenvalue weighted by atomic mass is 10.2. The fraction of sp³-hybridized carbons (Fsp3) is 0.500. The van der Waals surface area contributed by atoms with E-state index in [4.69, 9.17) is 4.98 Å². The van der Waals surface area contributed by atoms with Crippen LogP contribution in [0.2, 0.25) is 0 Å². The first-order valence-corrected chi connectivity index (χ1v) is 8.62. The van der Waals surface area contributed by atoms with Crippen molar-refractivity contribution in [3.05, 3.63) is 16.3 Å². The molecule has 0 radical (unpaired) electrons. The van der Waals surface area contributed by atoms with Gasteiger partial charge in [-0.3, -0.25) is 4.40 Å². The Morgan fingerprint density at radius 1 is 1.25 bits per heavy atom. The lowest BCUT2D eigenvalue weighted by Crippen LogP contribution is -2.04. The van der Waals surface area contributed by atoms with Gasteiger partial charge >= 0.3 is 0 Å². The lowest BCUT2D eigenvalue weighted by molar-refractivity contribution is 0.729. The van der Waals surface area contributed by atoms with Crippen molar-refractivity contribution >= 4 is 39.0 Å². The number of thioether (sulfide) groups is 1. The minimum Gasteiger partial charge on any atom is -0.257 e. The van der Waals surface area contributed by atoms with Gasteiger partial charge in [-0.25, -0.2) is 4.98 Å². The fourth-order valence-corrected chi connectivity index (χ4v) is 4.05. The summed E-state index contributed by atoms with van der Waals surface area (Å²) < 4.78 is 2.14. The molecule has 0 atom stereocenters. The van der Waals surface area contributed by atoms with Crippen LogP contribution in [0.4, 0.5) is 0 Å². The molecule has 0 aliphatic heterocycles. The summed E-state index contributed by atoms with van der Waals surface area (Å²) in [5.74, 6) is 2.38. The van der Waals surface area contributed by atoms with E-state index in [1.807, 2.05) is 0 Å². The fourth-order valence-electron chi connectivity index (χ4n) is 2.35. The first-order chi connectivity index (χ1) is 9.54. The van der Waals surface area contributed by atoms with E-state index in [2.05, 4.69) is 49.2 Å². The van der Waals surface area contributed by atoms with Gasteiger partial charge < -0.3 is 0 Å². The summed E-state index contributed by atoms with van der Waals surface area (Å²) in [5, 5.41) is 10.9. The molecule has 0 aromatic carbocycles. The van der Waals surface area contributed by atoms with Crippen LogP contribution in [0.3, 0.4) is 0 Å². The first kappa shape index (κ1) is 13.8. The van der Waals surface area contributed by atoms with Crippen molar-refractivity contribution in [3.63, 3.8) is 0 Å². The highest BCUT2D eigenvalue weighted by atomic mass is 32.2. The van der Waals surface area contributed by atoms with E-state index in [1.54, 1.807) is 23.1 Å². The zero-order chi connectivity index (χ0) is 14.4. The maximum Gasteiger partial charge on any atom is 0.197 e. The van der Waals surface area contributed by atoms with E-state index in [0.717, 1.165) is 32.6 Å². The van der Waals surface area contributed by atoms with Gasteiger partial charge in [0.1, 0.15) is 10.7 Å². The molecular formula is C14H18N4S2. The predicted molar refractivity (Wildman–Crippen MR) is 86.1 cm³/mol. The van der Waals surface area contributed by atoms with E-state index in [0.29, 0.717) is 5.92 Å². The molecule has 0 saturated heterocycles. The number of hydrogen-bond acceptors (Lipinski definition) is 5. The highest BCUT2D eigenvalue weighted by molar-refractivity contribution is 7.99. The molecular weight excluding hydrogens is 288 g/mol. The minimum absolute atomic E-state index is 0.344. The normalized spacial score (nSPS) is 12.1. The zero-order valence-electron chi connectivity index (χ0n) is 12.4. The van der Waals surface area contributed by atoms with Gasteiger partial charge in [0.05, 0.1) is 5.39 Å². The van der Waals surface area contributed by atoms with Gasteiger partial charge in [0, 0.05) is 10.8 Å². The highest BCUT2D eigenvalue weighted by Gasteiger charge is 2.20. The van der Waals surface area contributed by atoms with Gasteiger partial charge in [0.15, 0.2) is 10.8 Å². The molecule has 0 saturated carbocycles. The molecule has 0 amide bonds. The van der Waals surface area contributed by atoms with E-state index >= 15 is 0 Å². The third-order valence-electron chi connectivity index (χ3n) is 3.46. The van der Waals surface area contributed by atoms with Crippen molar-refractivity contribution in [1.82, 2.24) is 19.6 Å². The Morgan fingerprint density at radius 2 is 2.00 bits per heavy atom. The highest BCUT2D eigenvalue weighted by Crippen LogP contribution is 2.34. The van der Waals surface area contributed by atoms with E-state index in [9.17, 15) is 0 Å². The van der Waals surface area contributed by atoms with Crippen molar-refractivity contribution in [1.29, 1.82) is 0 Å². The average Bonchev–Trinajstić information content (AvgIpc) is 2.92. The number of aryl methyl sites for hydroxylation is 2. The van der Waals surface area contributed by atoms with Gasteiger partial charge in [0.2, 0.25) is 0 Å². The quantitative estimate of drug-likeness (QED) is 0.680. The van der Waals surface area contributed by atoms with Crippen molar-refractivity contribution in [3.8, 4) is 0 Å². The van der Waals surface area contributed by atoms with Crippen LogP contribution in [-0.4, -0.2) is 25.3 Å². The van der Waals surface area contributed by atoms with E-state index < -0.39 is 0 Å². The average molecular weight is 306 g/mol. The number of rotatable bonds is 3. The van der Waals surface area contributed by atoms with Gasteiger partial charge in [-0.1, -0.05) is 32.5 Å². The summed E-state index contributed by atoms with van der Waals surface area (Å²) in [6.45, 7) is 10.8. The Hall–Kier alpha value is -1.14. The monoisotopic (exact) mass is 306 g/mol. The van der Waals surface area contributed by atoms with Crippen LogP contribution in [0.25, 0.3) is 15.9 Å². The molecule has 3 aromatic heterocycles. The van der Waals surface area contributed by atoms with Crippen LogP contribution in [0.15, 0.2) is 5.16 Å². The second-order valence-electron chi connectivity index (χ2n) is 5.16.